The smallest absolute Gasteiger partial charge is 0.0995 e. The van der Waals surface area contributed by atoms with Gasteiger partial charge in [0.25, 0.3) is 0 Å². The van der Waals surface area contributed by atoms with Crippen molar-refractivity contribution in [2.24, 2.45) is 5.92 Å². The summed E-state index contributed by atoms with van der Waals surface area (Å²) in [5, 5.41) is 12.4. The van der Waals surface area contributed by atoms with Crippen LogP contribution in [0.25, 0.3) is 0 Å². The number of nitrogens with zero attached hydrogens (tertiary/aromatic N) is 1. The number of hydrogen-bond acceptors (Lipinski definition) is 2. The Kier molecular flexibility index (Phi) is 5.60. The highest BCUT2D eigenvalue weighted by atomic mass is 14.9. The van der Waals surface area contributed by atoms with Gasteiger partial charge in [-0.15, -0.1) is 0 Å². The lowest BCUT2D eigenvalue weighted by Gasteiger charge is -2.13. The van der Waals surface area contributed by atoms with Gasteiger partial charge in [0.1, 0.15) is 0 Å². The van der Waals surface area contributed by atoms with Gasteiger partial charge in [-0.25, -0.2) is 0 Å². The van der Waals surface area contributed by atoms with E-state index >= 15 is 0 Å². The molecular formula is C14H20N2. The zero-order valence-electron chi connectivity index (χ0n) is 10.2. The van der Waals surface area contributed by atoms with Gasteiger partial charge >= 0.3 is 0 Å². The summed E-state index contributed by atoms with van der Waals surface area (Å²) in [5.74, 6) is 0.745. The summed E-state index contributed by atoms with van der Waals surface area (Å²) in [5.41, 5.74) is 1.87. The lowest BCUT2D eigenvalue weighted by molar-refractivity contribution is 0.449. The fourth-order valence-corrected chi connectivity index (χ4v) is 1.77. The molecule has 0 fully saturated rings. The van der Waals surface area contributed by atoms with Gasteiger partial charge in [0.2, 0.25) is 0 Å². The summed E-state index contributed by atoms with van der Waals surface area (Å²) in [4.78, 5) is 0. The van der Waals surface area contributed by atoms with Crippen LogP contribution in [0.2, 0.25) is 0 Å². The van der Waals surface area contributed by atoms with Gasteiger partial charge < -0.3 is 5.32 Å². The van der Waals surface area contributed by atoms with Crippen LogP contribution in [-0.4, -0.2) is 6.54 Å². The number of nitrogens with one attached hydrogen (secondary N) is 1. The Hall–Kier alpha value is -1.33. The van der Waals surface area contributed by atoms with Gasteiger partial charge in [-0.3, -0.25) is 0 Å². The third-order valence-corrected chi connectivity index (χ3v) is 3.04. The molecule has 1 aromatic rings. The molecule has 0 spiro atoms. The molecule has 1 N–H and O–H groups in total. The molecule has 0 heterocycles. The van der Waals surface area contributed by atoms with E-state index in [1.54, 1.807) is 0 Å². The minimum absolute atomic E-state index is 0.745. The van der Waals surface area contributed by atoms with Crippen LogP contribution < -0.4 is 5.32 Å². The van der Waals surface area contributed by atoms with Gasteiger partial charge in [-0.1, -0.05) is 44.9 Å². The first kappa shape index (κ1) is 12.7. The molecule has 16 heavy (non-hydrogen) atoms. The predicted octanol–water partition coefficient (Wildman–Crippen LogP) is 3.08. The van der Waals surface area contributed by atoms with Crippen molar-refractivity contribution >= 4 is 0 Å². The van der Waals surface area contributed by atoms with Crippen molar-refractivity contribution in [3.8, 4) is 6.07 Å². The molecule has 0 saturated carbocycles. The summed E-state index contributed by atoms with van der Waals surface area (Å²) in [6, 6.07) is 9.99. The van der Waals surface area contributed by atoms with Crippen molar-refractivity contribution < 1.29 is 0 Å². The molecule has 0 radical (unpaired) electrons. The quantitative estimate of drug-likeness (QED) is 0.793. The van der Waals surface area contributed by atoms with Crippen molar-refractivity contribution in [2.75, 3.05) is 6.54 Å². The molecule has 0 saturated heterocycles. The average Bonchev–Trinajstić information content (AvgIpc) is 2.35. The Morgan fingerprint density at radius 3 is 2.56 bits per heavy atom. The van der Waals surface area contributed by atoms with E-state index in [1.165, 1.54) is 12.8 Å². The molecule has 2 nitrogen and oxygen atoms in total. The van der Waals surface area contributed by atoms with Crippen LogP contribution in [0.15, 0.2) is 24.3 Å². The van der Waals surface area contributed by atoms with E-state index in [-0.39, 0.29) is 0 Å². The van der Waals surface area contributed by atoms with Gasteiger partial charge in [0.15, 0.2) is 0 Å². The maximum Gasteiger partial charge on any atom is 0.0995 e. The Morgan fingerprint density at radius 1 is 1.25 bits per heavy atom. The van der Waals surface area contributed by atoms with Gasteiger partial charge in [-0.2, -0.15) is 5.26 Å². The first-order valence-electron chi connectivity index (χ1n) is 6.00. The van der Waals surface area contributed by atoms with Crippen LogP contribution in [0.4, 0.5) is 0 Å². The van der Waals surface area contributed by atoms with Crippen LogP contribution in [-0.2, 0) is 6.54 Å². The standard InChI is InChI=1S/C14H20N2/c1-3-12(4-2)10-16-11-14-8-6-5-7-13(14)9-15/h5-8,12,16H,3-4,10-11H2,1-2H3. The minimum Gasteiger partial charge on any atom is -0.312 e. The minimum atomic E-state index is 0.745. The Labute approximate surface area is 98.3 Å². The summed E-state index contributed by atoms with van der Waals surface area (Å²) in [6.45, 7) is 6.27. The monoisotopic (exact) mass is 216 g/mol. The van der Waals surface area contributed by atoms with E-state index in [0.717, 1.165) is 30.1 Å². The summed E-state index contributed by atoms with van der Waals surface area (Å²) in [7, 11) is 0. The molecule has 0 aliphatic rings. The molecule has 0 atom stereocenters. The Bertz CT molecular complexity index is 348. The SMILES string of the molecule is CCC(CC)CNCc1ccccc1C#N. The summed E-state index contributed by atoms with van der Waals surface area (Å²) in [6.07, 6.45) is 2.42. The lowest BCUT2D eigenvalue weighted by Crippen LogP contribution is -2.22. The van der Waals surface area contributed by atoms with Crippen LogP contribution >= 0.6 is 0 Å². The molecule has 1 rings (SSSR count). The molecule has 1 aromatic carbocycles. The highest BCUT2D eigenvalue weighted by molar-refractivity contribution is 5.37. The lowest BCUT2D eigenvalue weighted by atomic mass is 10.0. The fraction of sp³-hybridized carbons (Fsp3) is 0.500. The molecule has 0 unspecified atom stereocenters. The average molecular weight is 216 g/mol. The fourth-order valence-electron chi connectivity index (χ4n) is 1.77. The Balaban J connectivity index is 2.46. The molecule has 0 aliphatic carbocycles. The molecule has 0 bridgehead atoms. The predicted molar refractivity (Wildman–Crippen MR) is 66.9 cm³/mol. The van der Waals surface area contributed by atoms with Crippen LogP contribution in [0.5, 0.6) is 0 Å². The highest BCUT2D eigenvalue weighted by Crippen LogP contribution is 2.08. The largest absolute Gasteiger partial charge is 0.312 e. The maximum absolute atomic E-state index is 8.94. The topological polar surface area (TPSA) is 35.8 Å². The normalized spacial score (nSPS) is 10.4. The van der Waals surface area contributed by atoms with E-state index in [9.17, 15) is 0 Å². The second-order valence-corrected chi connectivity index (χ2v) is 4.08. The Morgan fingerprint density at radius 2 is 1.94 bits per heavy atom. The van der Waals surface area contributed by atoms with Crippen molar-refractivity contribution in [1.29, 1.82) is 5.26 Å². The number of hydrogen-bond donors (Lipinski definition) is 1. The second-order valence-electron chi connectivity index (χ2n) is 4.08. The van der Waals surface area contributed by atoms with E-state index in [0.29, 0.717) is 0 Å². The van der Waals surface area contributed by atoms with Crippen molar-refractivity contribution in [1.82, 2.24) is 5.32 Å². The maximum atomic E-state index is 8.94. The summed E-state index contributed by atoms with van der Waals surface area (Å²) >= 11 is 0. The molecule has 0 aromatic heterocycles. The third-order valence-electron chi connectivity index (χ3n) is 3.04. The van der Waals surface area contributed by atoms with E-state index < -0.39 is 0 Å². The van der Waals surface area contributed by atoms with E-state index in [4.69, 9.17) is 5.26 Å². The van der Waals surface area contributed by atoms with Crippen LogP contribution in [0.1, 0.15) is 37.8 Å². The first-order valence-corrected chi connectivity index (χ1v) is 6.00. The summed E-state index contributed by atoms with van der Waals surface area (Å²) < 4.78 is 0. The molecule has 86 valence electrons. The van der Waals surface area contributed by atoms with Crippen molar-refractivity contribution in [3.05, 3.63) is 35.4 Å². The third kappa shape index (κ3) is 3.67. The number of benzene rings is 1. The van der Waals surface area contributed by atoms with Gasteiger partial charge in [0.05, 0.1) is 11.6 Å². The number of nitriles is 1. The van der Waals surface area contributed by atoms with Gasteiger partial charge in [0, 0.05) is 6.54 Å². The molecule has 0 aliphatic heterocycles. The van der Waals surface area contributed by atoms with Crippen LogP contribution in [0, 0.1) is 17.2 Å². The van der Waals surface area contributed by atoms with Gasteiger partial charge in [-0.05, 0) is 24.1 Å². The zero-order valence-corrected chi connectivity index (χ0v) is 10.2. The molecular weight excluding hydrogens is 196 g/mol. The van der Waals surface area contributed by atoms with Crippen molar-refractivity contribution in [3.63, 3.8) is 0 Å². The van der Waals surface area contributed by atoms with Crippen LogP contribution in [0.3, 0.4) is 0 Å². The zero-order chi connectivity index (χ0) is 11.8. The first-order chi connectivity index (χ1) is 7.81. The van der Waals surface area contributed by atoms with Crippen molar-refractivity contribution in [2.45, 2.75) is 33.2 Å². The van der Waals surface area contributed by atoms with E-state index in [1.807, 2.05) is 24.3 Å². The van der Waals surface area contributed by atoms with E-state index in [2.05, 4.69) is 25.2 Å². The molecule has 2 heteroatoms. The second kappa shape index (κ2) is 7.03. The molecule has 0 amide bonds. The number of rotatable bonds is 6. The highest BCUT2D eigenvalue weighted by Gasteiger charge is 2.04.